The minimum absolute atomic E-state index is 0.259. The molecule has 0 aliphatic heterocycles. The van der Waals surface area contributed by atoms with E-state index in [2.05, 4.69) is 5.32 Å². The van der Waals surface area contributed by atoms with Crippen LogP contribution in [0.1, 0.15) is 11.1 Å². The van der Waals surface area contributed by atoms with Crippen LogP contribution in [0.2, 0.25) is 5.02 Å². The predicted octanol–water partition coefficient (Wildman–Crippen LogP) is 2.40. The first-order valence-corrected chi connectivity index (χ1v) is 7.95. The van der Waals surface area contributed by atoms with Gasteiger partial charge in [0.25, 0.3) is 0 Å². The van der Waals surface area contributed by atoms with Crippen molar-refractivity contribution in [2.45, 2.75) is 25.0 Å². The highest BCUT2D eigenvalue weighted by atomic mass is 35.5. The van der Waals surface area contributed by atoms with Gasteiger partial charge in [-0.1, -0.05) is 54.1 Å². The maximum Gasteiger partial charge on any atom is 0.0818 e. The van der Waals surface area contributed by atoms with Gasteiger partial charge in [0.2, 0.25) is 0 Å². The van der Waals surface area contributed by atoms with Gasteiger partial charge >= 0.3 is 0 Å². The van der Waals surface area contributed by atoms with Gasteiger partial charge in [-0.2, -0.15) is 0 Å². The number of nitrogens with two attached hydrogens (primary N) is 1. The van der Waals surface area contributed by atoms with Gasteiger partial charge in [-0.05, 0) is 42.6 Å². The SMILES string of the molecule is NC(Cc1ccccc1)C(O)CNCCc1ccc(Cl)cc1. The molecule has 0 aliphatic rings. The fourth-order valence-corrected chi connectivity index (χ4v) is 2.43. The van der Waals surface area contributed by atoms with E-state index in [0.717, 1.165) is 23.6 Å². The van der Waals surface area contributed by atoms with Crippen LogP contribution in [-0.2, 0) is 12.8 Å². The van der Waals surface area contributed by atoms with Crippen LogP contribution in [0.4, 0.5) is 0 Å². The fraction of sp³-hybridized carbons (Fsp3) is 0.333. The Hall–Kier alpha value is -1.39. The Morgan fingerprint density at radius 3 is 2.36 bits per heavy atom. The summed E-state index contributed by atoms with van der Waals surface area (Å²) in [6.07, 6.45) is 1.03. The highest BCUT2D eigenvalue weighted by Gasteiger charge is 2.14. The van der Waals surface area contributed by atoms with Gasteiger partial charge in [0.1, 0.15) is 0 Å². The summed E-state index contributed by atoms with van der Waals surface area (Å²) in [7, 11) is 0. The van der Waals surface area contributed by atoms with Gasteiger partial charge in [-0.3, -0.25) is 0 Å². The van der Waals surface area contributed by atoms with E-state index in [1.807, 2.05) is 54.6 Å². The quantitative estimate of drug-likeness (QED) is 0.655. The maximum atomic E-state index is 10.1. The van der Waals surface area contributed by atoms with Crippen LogP contribution in [0.5, 0.6) is 0 Å². The van der Waals surface area contributed by atoms with Gasteiger partial charge in [0.05, 0.1) is 6.10 Å². The van der Waals surface area contributed by atoms with Crippen molar-refractivity contribution in [3.05, 3.63) is 70.7 Å². The van der Waals surface area contributed by atoms with Crippen molar-refractivity contribution in [2.24, 2.45) is 5.73 Å². The Morgan fingerprint density at radius 2 is 1.68 bits per heavy atom. The second kappa shape index (κ2) is 8.91. The summed E-state index contributed by atoms with van der Waals surface area (Å²) in [5.74, 6) is 0. The lowest BCUT2D eigenvalue weighted by Gasteiger charge is -2.19. The molecule has 0 aliphatic carbocycles. The largest absolute Gasteiger partial charge is 0.390 e. The van der Waals surface area contributed by atoms with E-state index in [9.17, 15) is 5.11 Å². The lowest BCUT2D eigenvalue weighted by atomic mass is 10.0. The normalized spacial score (nSPS) is 13.8. The standard InChI is InChI=1S/C18H23ClN2O/c19-16-8-6-14(7-9-16)10-11-21-13-18(22)17(20)12-15-4-2-1-3-5-15/h1-9,17-18,21-22H,10-13,20H2. The van der Waals surface area contributed by atoms with Crippen LogP contribution >= 0.6 is 11.6 Å². The van der Waals surface area contributed by atoms with E-state index in [1.54, 1.807) is 0 Å². The van der Waals surface area contributed by atoms with E-state index in [4.69, 9.17) is 17.3 Å². The van der Waals surface area contributed by atoms with Gasteiger partial charge in [-0.25, -0.2) is 0 Å². The first-order chi connectivity index (χ1) is 10.6. The third-order valence-corrected chi connectivity index (χ3v) is 3.92. The molecular weight excluding hydrogens is 296 g/mol. The van der Waals surface area contributed by atoms with Crippen molar-refractivity contribution in [2.75, 3.05) is 13.1 Å². The Balaban J connectivity index is 1.66. The van der Waals surface area contributed by atoms with Gasteiger partial charge in [-0.15, -0.1) is 0 Å². The predicted molar refractivity (Wildman–Crippen MR) is 92.2 cm³/mol. The molecule has 0 spiro atoms. The molecule has 118 valence electrons. The number of aliphatic hydroxyl groups excluding tert-OH is 1. The van der Waals surface area contributed by atoms with Crippen LogP contribution < -0.4 is 11.1 Å². The van der Waals surface area contributed by atoms with E-state index in [-0.39, 0.29) is 6.04 Å². The van der Waals surface area contributed by atoms with E-state index in [1.165, 1.54) is 5.56 Å². The van der Waals surface area contributed by atoms with E-state index in [0.29, 0.717) is 13.0 Å². The van der Waals surface area contributed by atoms with Gasteiger partial charge < -0.3 is 16.2 Å². The van der Waals surface area contributed by atoms with Crippen LogP contribution in [0, 0.1) is 0 Å². The van der Waals surface area contributed by atoms with Gasteiger partial charge in [0, 0.05) is 17.6 Å². The van der Waals surface area contributed by atoms with E-state index < -0.39 is 6.10 Å². The van der Waals surface area contributed by atoms with Crippen LogP contribution in [0.15, 0.2) is 54.6 Å². The molecule has 2 unspecified atom stereocenters. The zero-order chi connectivity index (χ0) is 15.8. The molecule has 0 aromatic heterocycles. The molecule has 2 aromatic carbocycles. The van der Waals surface area contributed by atoms with Crippen molar-refractivity contribution < 1.29 is 5.11 Å². The summed E-state index contributed by atoms with van der Waals surface area (Å²) >= 11 is 5.85. The molecule has 22 heavy (non-hydrogen) atoms. The molecule has 0 saturated heterocycles. The maximum absolute atomic E-state index is 10.1. The summed E-state index contributed by atoms with van der Waals surface area (Å²) in [6, 6.07) is 17.6. The molecule has 0 heterocycles. The van der Waals surface area contributed by atoms with Gasteiger partial charge in [0.15, 0.2) is 0 Å². The third kappa shape index (κ3) is 5.78. The molecule has 0 saturated carbocycles. The lowest BCUT2D eigenvalue weighted by molar-refractivity contribution is 0.142. The smallest absolute Gasteiger partial charge is 0.0818 e. The number of halogens is 1. The number of hydrogen-bond acceptors (Lipinski definition) is 3. The molecule has 2 rings (SSSR count). The second-order valence-corrected chi connectivity index (χ2v) is 5.94. The summed E-state index contributed by atoms with van der Waals surface area (Å²) in [5.41, 5.74) is 8.43. The molecule has 0 radical (unpaired) electrons. The lowest BCUT2D eigenvalue weighted by Crippen LogP contribution is -2.43. The van der Waals surface area contributed by atoms with Crippen molar-refractivity contribution in [3.63, 3.8) is 0 Å². The molecule has 0 bridgehead atoms. The second-order valence-electron chi connectivity index (χ2n) is 5.50. The fourth-order valence-electron chi connectivity index (χ4n) is 2.31. The summed E-state index contributed by atoms with van der Waals surface area (Å²) in [6.45, 7) is 1.30. The molecule has 4 heteroatoms. The molecule has 3 nitrogen and oxygen atoms in total. The third-order valence-electron chi connectivity index (χ3n) is 3.67. The Labute approximate surface area is 137 Å². The highest BCUT2D eigenvalue weighted by molar-refractivity contribution is 6.30. The molecule has 4 N–H and O–H groups in total. The van der Waals surface area contributed by atoms with Crippen molar-refractivity contribution >= 4 is 11.6 Å². The first-order valence-electron chi connectivity index (χ1n) is 7.58. The Morgan fingerprint density at radius 1 is 1.00 bits per heavy atom. The van der Waals surface area contributed by atoms with Crippen molar-refractivity contribution in [1.29, 1.82) is 0 Å². The summed E-state index contributed by atoms with van der Waals surface area (Å²) < 4.78 is 0. The number of rotatable bonds is 8. The zero-order valence-electron chi connectivity index (χ0n) is 12.6. The summed E-state index contributed by atoms with van der Waals surface area (Å²) in [4.78, 5) is 0. The molecule has 0 fully saturated rings. The minimum Gasteiger partial charge on any atom is -0.390 e. The average molecular weight is 319 g/mol. The zero-order valence-corrected chi connectivity index (χ0v) is 13.3. The minimum atomic E-state index is -0.551. The van der Waals surface area contributed by atoms with Crippen LogP contribution in [0.25, 0.3) is 0 Å². The van der Waals surface area contributed by atoms with E-state index >= 15 is 0 Å². The van der Waals surface area contributed by atoms with Crippen LogP contribution in [-0.4, -0.2) is 30.3 Å². The van der Waals surface area contributed by atoms with Crippen LogP contribution in [0.3, 0.4) is 0 Å². The Bertz CT molecular complexity index is 545. The molecular formula is C18H23ClN2O. The van der Waals surface area contributed by atoms with Crippen molar-refractivity contribution in [1.82, 2.24) is 5.32 Å². The average Bonchev–Trinajstić information content (AvgIpc) is 2.54. The topological polar surface area (TPSA) is 58.3 Å². The molecule has 2 atom stereocenters. The molecule has 0 amide bonds. The number of benzene rings is 2. The number of hydrogen-bond donors (Lipinski definition) is 3. The number of aliphatic hydroxyl groups is 1. The highest BCUT2D eigenvalue weighted by Crippen LogP contribution is 2.09. The summed E-state index contributed by atoms with van der Waals surface area (Å²) in [5, 5.41) is 14.1. The monoisotopic (exact) mass is 318 g/mol. The first kappa shape index (κ1) is 17.0. The Kier molecular flexibility index (Phi) is 6.87. The molecule has 2 aromatic rings. The van der Waals surface area contributed by atoms with Crippen molar-refractivity contribution in [3.8, 4) is 0 Å². The number of nitrogens with one attached hydrogen (secondary N) is 1.